The largest absolute Gasteiger partial charge is 0.396 e. The van der Waals surface area contributed by atoms with Crippen molar-refractivity contribution < 1.29 is 9.53 Å². The highest BCUT2D eigenvalue weighted by Crippen LogP contribution is 2.42. The summed E-state index contributed by atoms with van der Waals surface area (Å²) >= 11 is 3.05. The third-order valence-corrected chi connectivity index (χ3v) is 5.92. The number of nitrogens with two attached hydrogens (primary N) is 1. The minimum absolute atomic E-state index is 0.0347. The van der Waals surface area contributed by atoms with E-state index >= 15 is 0 Å². The highest BCUT2D eigenvalue weighted by molar-refractivity contribution is 7.99. The Hall–Kier alpha value is -0.920. The molecule has 2 fully saturated rings. The van der Waals surface area contributed by atoms with E-state index in [2.05, 4.69) is 10.6 Å². The molecule has 21 heavy (non-hydrogen) atoms. The molecular weight excluding hydrogens is 306 g/mol. The molecule has 0 bridgehead atoms. The molecule has 1 amide bonds. The summed E-state index contributed by atoms with van der Waals surface area (Å²) in [7, 11) is 0. The number of nitrogen functional groups attached to an aromatic ring is 1. The molecule has 4 N–H and O–H groups in total. The zero-order valence-electron chi connectivity index (χ0n) is 12.1. The van der Waals surface area contributed by atoms with E-state index in [1.807, 2.05) is 6.26 Å². The Bertz CT molecular complexity index is 523. The summed E-state index contributed by atoms with van der Waals surface area (Å²) < 4.78 is 5.39. The van der Waals surface area contributed by atoms with Crippen molar-refractivity contribution >= 4 is 39.7 Å². The smallest absolute Gasteiger partial charge is 0.263 e. The first-order valence-electron chi connectivity index (χ1n) is 7.27. The molecule has 2 heterocycles. The van der Waals surface area contributed by atoms with Crippen molar-refractivity contribution in [1.29, 1.82) is 0 Å². The topological polar surface area (TPSA) is 76.4 Å². The van der Waals surface area contributed by atoms with Gasteiger partial charge in [0.1, 0.15) is 9.88 Å². The number of thioether (sulfide) groups is 1. The highest BCUT2D eigenvalue weighted by atomic mass is 32.2. The van der Waals surface area contributed by atoms with E-state index in [0.29, 0.717) is 22.5 Å². The van der Waals surface area contributed by atoms with Crippen LogP contribution in [0.4, 0.5) is 10.7 Å². The van der Waals surface area contributed by atoms with Crippen molar-refractivity contribution in [2.45, 2.75) is 30.2 Å². The molecule has 1 aliphatic heterocycles. The fraction of sp³-hybridized carbons (Fsp3) is 0.643. The monoisotopic (exact) mass is 327 g/mol. The van der Waals surface area contributed by atoms with Gasteiger partial charge in [-0.05, 0) is 25.5 Å². The van der Waals surface area contributed by atoms with Crippen LogP contribution in [0.1, 0.15) is 28.9 Å². The maximum atomic E-state index is 12.2. The maximum Gasteiger partial charge on any atom is 0.263 e. The average molecular weight is 327 g/mol. The van der Waals surface area contributed by atoms with E-state index in [9.17, 15) is 4.79 Å². The molecule has 1 saturated carbocycles. The molecule has 0 radical (unpaired) electrons. The van der Waals surface area contributed by atoms with Crippen molar-refractivity contribution in [3.63, 3.8) is 0 Å². The Morgan fingerprint density at radius 1 is 1.48 bits per heavy atom. The van der Waals surface area contributed by atoms with E-state index < -0.39 is 0 Å². The summed E-state index contributed by atoms with van der Waals surface area (Å²) in [5, 5.41) is 7.46. The Labute approximate surface area is 133 Å². The van der Waals surface area contributed by atoms with E-state index in [1.54, 1.807) is 11.8 Å². The lowest BCUT2D eigenvalue weighted by Crippen LogP contribution is -2.25. The first kappa shape index (κ1) is 15.0. The van der Waals surface area contributed by atoms with E-state index in [4.69, 9.17) is 10.5 Å². The fourth-order valence-corrected chi connectivity index (χ4v) is 4.32. The second kappa shape index (κ2) is 6.46. The molecule has 116 valence electrons. The zero-order valence-corrected chi connectivity index (χ0v) is 13.7. The summed E-state index contributed by atoms with van der Waals surface area (Å²) in [5.41, 5.74) is 6.77. The van der Waals surface area contributed by atoms with E-state index in [0.717, 1.165) is 48.9 Å². The quantitative estimate of drug-likeness (QED) is 0.700. The van der Waals surface area contributed by atoms with Crippen LogP contribution in [0.3, 0.4) is 0 Å². The predicted molar refractivity (Wildman–Crippen MR) is 88.4 cm³/mol. The SMILES string of the molecule is CSc1c(NCC2CCOC2)sc(C(=O)NC2CC2)c1N. The molecule has 1 atom stereocenters. The van der Waals surface area contributed by atoms with Crippen LogP contribution in [0.5, 0.6) is 0 Å². The first-order chi connectivity index (χ1) is 10.2. The third kappa shape index (κ3) is 3.46. The van der Waals surface area contributed by atoms with Gasteiger partial charge in [-0.25, -0.2) is 0 Å². The van der Waals surface area contributed by atoms with Gasteiger partial charge in [0.05, 0.1) is 17.2 Å². The lowest BCUT2D eigenvalue weighted by molar-refractivity contribution is 0.0956. The zero-order chi connectivity index (χ0) is 14.8. The Morgan fingerprint density at radius 2 is 2.29 bits per heavy atom. The molecule has 1 unspecified atom stereocenters. The lowest BCUT2D eigenvalue weighted by Gasteiger charge is -2.10. The molecule has 1 aliphatic carbocycles. The molecule has 5 nitrogen and oxygen atoms in total. The number of carbonyl (C=O) groups is 1. The summed E-state index contributed by atoms with van der Waals surface area (Å²) in [6.07, 6.45) is 5.25. The van der Waals surface area contributed by atoms with Crippen molar-refractivity contribution in [1.82, 2.24) is 5.32 Å². The molecule has 1 aromatic rings. The van der Waals surface area contributed by atoms with Crippen LogP contribution >= 0.6 is 23.1 Å². The van der Waals surface area contributed by atoms with Gasteiger partial charge in [-0.15, -0.1) is 23.1 Å². The number of anilines is 2. The van der Waals surface area contributed by atoms with Crippen LogP contribution < -0.4 is 16.4 Å². The summed E-state index contributed by atoms with van der Waals surface area (Å²) in [4.78, 5) is 13.8. The van der Waals surface area contributed by atoms with Gasteiger partial charge < -0.3 is 21.1 Å². The first-order valence-corrected chi connectivity index (χ1v) is 9.32. The highest BCUT2D eigenvalue weighted by Gasteiger charge is 2.27. The molecular formula is C14H21N3O2S2. The molecule has 1 aromatic heterocycles. The van der Waals surface area contributed by atoms with Crippen molar-refractivity contribution in [2.75, 3.05) is 37.1 Å². The van der Waals surface area contributed by atoms with Gasteiger partial charge in [0.15, 0.2) is 0 Å². The van der Waals surface area contributed by atoms with Crippen molar-refractivity contribution in [2.24, 2.45) is 5.92 Å². The molecule has 0 spiro atoms. The van der Waals surface area contributed by atoms with Gasteiger partial charge in [-0.1, -0.05) is 0 Å². The number of ether oxygens (including phenoxy) is 1. The standard InChI is InChI=1S/C14H21N3O2S2/c1-20-12-10(15)11(13(18)17-9-2-3-9)21-14(12)16-6-8-4-5-19-7-8/h8-9,16H,2-7,15H2,1H3,(H,17,18). The van der Waals surface area contributed by atoms with Crippen LogP contribution in [0.25, 0.3) is 0 Å². The second-order valence-corrected chi connectivity index (χ2v) is 7.40. The van der Waals surface area contributed by atoms with Gasteiger partial charge in [0, 0.05) is 25.1 Å². The number of carbonyl (C=O) groups excluding carboxylic acids is 1. The second-order valence-electron chi connectivity index (χ2n) is 5.57. The van der Waals surface area contributed by atoms with Crippen molar-refractivity contribution in [3.05, 3.63) is 4.88 Å². The number of thiophene rings is 1. The maximum absolute atomic E-state index is 12.2. The predicted octanol–water partition coefficient (Wildman–Crippen LogP) is 2.39. The number of rotatable bonds is 6. The summed E-state index contributed by atoms with van der Waals surface area (Å²) in [5.74, 6) is 0.513. The Balaban J connectivity index is 1.70. The van der Waals surface area contributed by atoms with Gasteiger partial charge >= 0.3 is 0 Å². The lowest BCUT2D eigenvalue weighted by atomic mass is 10.1. The number of hydrogen-bond acceptors (Lipinski definition) is 6. The minimum atomic E-state index is -0.0347. The minimum Gasteiger partial charge on any atom is -0.396 e. The third-order valence-electron chi connectivity index (χ3n) is 3.80. The van der Waals surface area contributed by atoms with Crippen LogP contribution in [-0.2, 0) is 4.74 Å². The molecule has 0 aromatic carbocycles. The Kier molecular flexibility index (Phi) is 4.61. The number of nitrogens with one attached hydrogen (secondary N) is 2. The van der Waals surface area contributed by atoms with Crippen LogP contribution in [0.15, 0.2) is 4.90 Å². The van der Waals surface area contributed by atoms with Crippen molar-refractivity contribution in [3.8, 4) is 0 Å². The van der Waals surface area contributed by atoms with Gasteiger partial charge in [0.2, 0.25) is 0 Å². The molecule has 2 aliphatic rings. The molecule has 3 rings (SSSR count). The van der Waals surface area contributed by atoms with Gasteiger partial charge in [-0.2, -0.15) is 0 Å². The summed E-state index contributed by atoms with van der Waals surface area (Å²) in [6.45, 7) is 2.54. The number of hydrogen-bond donors (Lipinski definition) is 3. The average Bonchev–Trinajstić information content (AvgIpc) is 3.02. The van der Waals surface area contributed by atoms with Crippen LogP contribution in [-0.4, -0.2) is 38.0 Å². The Morgan fingerprint density at radius 3 is 2.90 bits per heavy atom. The van der Waals surface area contributed by atoms with E-state index in [-0.39, 0.29) is 5.91 Å². The number of amides is 1. The summed E-state index contributed by atoms with van der Waals surface area (Å²) in [6, 6.07) is 0.351. The molecule has 7 heteroatoms. The van der Waals surface area contributed by atoms with Gasteiger partial charge in [-0.3, -0.25) is 4.79 Å². The fourth-order valence-electron chi connectivity index (χ4n) is 2.38. The van der Waals surface area contributed by atoms with Gasteiger partial charge in [0.25, 0.3) is 5.91 Å². The van der Waals surface area contributed by atoms with E-state index in [1.165, 1.54) is 11.3 Å². The van der Waals surface area contributed by atoms with Crippen LogP contribution in [0, 0.1) is 5.92 Å². The van der Waals surface area contributed by atoms with Crippen LogP contribution in [0.2, 0.25) is 0 Å². The molecule has 1 saturated heterocycles. The normalized spacial score (nSPS) is 21.5.